The number of hydrogen-bond acceptors (Lipinski definition) is 8. The molecular weight excluding hydrogens is 406 g/mol. The number of carbonyl (C=O) groups excluding carboxylic acids is 2. The quantitative estimate of drug-likeness (QED) is 0.713. The van der Waals surface area contributed by atoms with Gasteiger partial charge >= 0.3 is 0 Å². The number of rotatable bonds is 5. The lowest BCUT2D eigenvalue weighted by Gasteiger charge is -2.40. The smallest absolute Gasteiger partial charge is 0.260 e. The summed E-state index contributed by atoms with van der Waals surface area (Å²) in [6.07, 6.45) is 3.89. The molecule has 0 saturated carbocycles. The Morgan fingerprint density at radius 3 is 2.42 bits per heavy atom. The molecule has 0 fully saturated rings. The molecule has 0 unspecified atom stereocenters. The Hall–Kier alpha value is -3.04. The highest BCUT2D eigenvalue weighted by molar-refractivity contribution is 6.06. The van der Waals surface area contributed by atoms with Gasteiger partial charge in [-0.3, -0.25) is 9.59 Å². The first-order chi connectivity index (χ1) is 14.7. The molecule has 1 aliphatic carbocycles. The predicted molar refractivity (Wildman–Crippen MR) is 109 cm³/mol. The standard InChI is InChI=1S/C22H25NO8/c1-11(24)23-16-7-6-12-8-14(27-2)18(29-4)19(30-5)17(12)13-9-22(26)20(25)15(28-3)10-21(13,16)31-22/h8-10,16,26H,6-7H2,1-5H3,(H,23,24)/t16-,21-,22-/m0/s1. The van der Waals surface area contributed by atoms with Crippen molar-refractivity contribution in [3.63, 3.8) is 0 Å². The number of methoxy groups -OCH3 is 4. The summed E-state index contributed by atoms with van der Waals surface area (Å²) < 4.78 is 28.0. The number of ether oxygens (including phenoxy) is 5. The van der Waals surface area contributed by atoms with E-state index in [-0.39, 0.29) is 11.7 Å². The van der Waals surface area contributed by atoms with Crippen LogP contribution in [-0.4, -0.2) is 62.7 Å². The fourth-order valence-corrected chi connectivity index (χ4v) is 4.72. The first kappa shape index (κ1) is 21.2. The Kier molecular flexibility index (Phi) is 4.98. The largest absolute Gasteiger partial charge is 0.493 e. The maximum atomic E-state index is 12.8. The van der Waals surface area contributed by atoms with Gasteiger partial charge in [0, 0.05) is 24.1 Å². The van der Waals surface area contributed by atoms with Crippen LogP contribution >= 0.6 is 0 Å². The molecule has 1 aromatic rings. The normalized spacial score (nSPS) is 28.5. The second-order valence-corrected chi connectivity index (χ2v) is 7.66. The van der Waals surface area contributed by atoms with Gasteiger partial charge in [-0.05, 0) is 30.5 Å². The Labute approximate surface area is 179 Å². The van der Waals surface area contributed by atoms with Crippen LogP contribution in [0.25, 0.3) is 5.57 Å². The van der Waals surface area contributed by atoms with Gasteiger partial charge < -0.3 is 34.1 Å². The molecular formula is C22H25NO8. The summed E-state index contributed by atoms with van der Waals surface area (Å²) in [7, 11) is 5.87. The number of ketones is 1. The highest BCUT2D eigenvalue weighted by Gasteiger charge is 2.62. The van der Waals surface area contributed by atoms with Gasteiger partial charge in [-0.15, -0.1) is 0 Å². The molecule has 166 valence electrons. The molecule has 0 aromatic heterocycles. The van der Waals surface area contributed by atoms with Gasteiger partial charge in [0.2, 0.25) is 11.7 Å². The lowest BCUT2D eigenvalue weighted by Crippen LogP contribution is -2.57. The van der Waals surface area contributed by atoms with Crippen LogP contribution in [0, 0.1) is 0 Å². The summed E-state index contributed by atoms with van der Waals surface area (Å²) in [6.45, 7) is 1.40. The summed E-state index contributed by atoms with van der Waals surface area (Å²) in [5.41, 5.74) is 0.593. The molecule has 1 spiro atoms. The van der Waals surface area contributed by atoms with Crippen molar-refractivity contribution in [2.45, 2.75) is 37.2 Å². The van der Waals surface area contributed by atoms with Crippen LogP contribution in [0.5, 0.6) is 17.2 Å². The number of Topliss-reactive ketones (excluding diaryl/α,β-unsaturated/α-hetero) is 1. The van der Waals surface area contributed by atoms with Crippen molar-refractivity contribution in [3.8, 4) is 17.2 Å². The van der Waals surface area contributed by atoms with Crippen molar-refractivity contribution in [2.24, 2.45) is 0 Å². The number of amides is 1. The third-order valence-corrected chi connectivity index (χ3v) is 5.98. The average Bonchev–Trinajstić information content (AvgIpc) is 2.96. The SMILES string of the molecule is COC1=C[C@]23O[C@@](O)(C=C2c2c(cc(OC)c(OC)c2OC)CC[C@@H]3NC(C)=O)C1=O. The number of hydrogen-bond donors (Lipinski definition) is 2. The molecule has 31 heavy (non-hydrogen) atoms. The van der Waals surface area contributed by atoms with Crippen LogP contribution in [0.1, 0.15) is 24.5 Å². The van der Waals surface area contributed by atoms with E-state index in [1.54, 1.807) is 0 Å². The fourth-order valence-electron chi connectivity index (χ4n) is 4.72. The van der Waals surface area contributed by atoms with E-state index in [1.807, 2.05) is 6.07 Å². The van der Waals surface area contributed by atoms with E-state index < -0.39 is 23.2 Å². The van der Waals surface area contributed by atoms with Crippen LogP contribution in [0.2, 0.25) is 0 Å². The van der Waals surface area contributed by atoms with Crippen molar-refractivity contribution in [3.05, 3.63) is 35.1 Å². The summed E-state index contributed by atoms with van der Waals surface area (Å²) in [4.78, 5) is 24.8. The van der Waals surface area contributed by atoms with Crippen molar-refractivity contribution >= 4 is 17.3 Å². The molecule has 0 radical (unpaired) electrons. The first-order valence-electron chi connectivity index (χ1n) is 9.81. The topological polar surface area (TPSA) is 113 Å². The van der Waals surface area contributed by atoms with Crippen LogP contribution in [0.3, 0.4) is 0 Å². The first-order valence-corrected chi connectivity index (χ1v) is 9.81. The van der Waals surface area contributed by atoms with E-state index in [0.29, 0.717) is 41.2 Å². The minimum atomic E-state index is -2.24. The van der Waals surface area contributed by atoms with Gasteiger partial charge in [0.1, 0.15) is 5.60 Å². The highest BCUT2D eigenvalue weighted by atomic mass is 16.7. The lowest BCUT2D eigenvalue weighted by molar-refractivity contribution is -0.208. The Bertz CT molecular complexity index is 1030. The third-order valence-electron chi connectivity index (χ3n) is 5.98. The van der Waals surface area contributed by atoms with Crippen molar-refractivity contribution in [2.75, 3.05) is 28.4 Å². The molecule has 2 aliphatic heterocycles. The number of nitrogens with one attached hydrogen (secondary N) is 1. The molecule has 1 aromatic carbocycles. The summed E-state index contributed by atoms with van der Waals surface area (Å²) >= 11 is 0. The van der Waals surface area contributed by atoms with Gasteiger partial charge in [0.15, 0.2) is 17.3 Å². The number of benzene rings is 1. The van der Waals surface area contributed by atoms with E-state index in [9.17, 15) is 14.7 Å². The second-order valence-electron chi connectivity index (χ2n) is 7.66. The molecule has 0 saturated heterocycles. The van der Waals surface area contributed by atoms with Gasteiger partial charge in [-0.25, -0.2) is 0 Å². The maximum absolute atomic E-state index is 12.8. The van der Waals surface area contributed by atoms with Crippen LogP contribution < -0.4 is 19.5 Å². The van der Waals surface area contributed by atoms with Crippen molar-refractivity contribution in [1.82, 2.24) is 5.32 Å². The van der Waals surface area contributed by atoms with E-state index in [1.165, 1.54) is 47.5 Å². The molecule has 4 rings (SSSR count). The number of aliphatic hydroxyl groups is 1. The molecule has 9 heteroatoms. The highest BCUT2D eigenvalue weighted by Crippen LogP contribution is 2.57. The lowest BCUT2D eigenvalue weighted by atomic mass is 9.82. The van der Waals surface area contributed by atoms with Crippen LogP contribution in [0.4, 0.5) is 0 Å². The molecule has 3 aliphatic rings. The monoisotopic (exact) mass is 431 g/mol. The summed E-state index contributed by atoms with van der Waals surface area (Å²) in [5, 5.41) is 14.0. The zero-order valence-corrected chi connectivity index (χ0v) is 18.0. The maximum Gasteiger partial charge on any atom is 0.260 e. The average molecular weight is 431 g/mol. The third kappa shape index (κ3) is 2.91. The van der Waals surface area contributed by atoms with Gasteiger partial charge in [-0.1, -0.05) is 0 Å². The fraction of sp³-hybridized carbons (Fsp3) is 0.455. The Balaban J connectivity index is 2.06. The summed E-state index contributed by atoms with van der Waals surface area (Å²) in [5.74, 6) is -2.04. The van der Waals surface area contributed by atoms with Gasteiger partial charge in [0.25, 0.3) is 11.6 Å². The Morgan fingerprint density at radius 2 is 1.84 bits per heavy atom. The number of aryl methyl sites for hydroxylation is 1. The second kappa shape index (κ2) is 7.28. The van der Waals surface area contributed by atoms with Crippen molar-refractivity contribution in [1.29, 1.82) is 0 Å². The molecule has 2 heterocycles. The van der Waals surface area contributed by atoms with Gasteiger partial charge in [-0.2, -0.15) is 0 Å². The molecule has 2 N–H and O–H groups in total. The Morgan fingerprint density at radius 1 is 1.13 bits per heavy atom. The minimum absolute atomic E-state index is 0.0433. The number of fused-ring (bicyclic) bond motifs is 3. The predicted octanol–water partition coefficient (Wildman–Crippen LogP) is 1.12. The van der Waals surface area contributed by atoms with E-state index in [4.69, 9.17) is 23.7 Å². The molecule has 1 amide bonds. The van der Waals surface area contributed by atoms with Crippen LogP contribution in [0.15, 0.2) is 24.0 Å². The van der Waals surface area contributed by atoms with Crippen LogP contribution in [-0.2, 0) is 25.5 Å². The summed E-state index contributed by atoms with van der Waals surface area (Å²) in [6, 6.07) is 1.24. The zero-order chi connectivity index (χ0) is 22.6. The molecule has 2 bridgehead atoms. The van der Waals surface area contributed by atoms with E-state index in [0.717, 1.165) is 5.56 Å². The molecule has 3 atom stereocenters. The van der Waals surface area contributed by atoms with Gasteiger partial charge in [0.05, 0.1) is 34.5 Å². The zero-order valence-electron chi connectivity index (χ0n) is 18.0. The van der Waals surface area contributed by atoms with Crippen molar-refractivity contribution < 1.29 is 38.4 Å². The van der Waals surface area contributed by atoms with E-state index >= 15 is 0 Å². The minimum Gasteiger partial charge on any atom is -0.493 e. The molecule has 9 nitrogen and oxygen atoms in total. The number of carbonyl (C=O) groups is 2. The van der Waals surface area contributed by atoms with E-state index in [2.05, 4.69) is 5.32 Å².